The fourth-order valence-electron chi connectivity index (χ4n) is 3.03. The zero-order valence-corrected chi connectivity index (χ0v) is 18.5. The molecule has 0 spiro atoms. The van der Waals surface area contributed by atoms with E-state index in [2.05, 4.69) is 12.6 Å². The number of rotatable bonds is 9. The number of benzene rings is 1. The molecule has 0 aliphatic rings. The van der Waals surface area contributed by atoms with Crippen molar-refractivity contribution in [2.75, 3.05) is 6.61 Å². The third kappa shape index (κ3) is 6.89. The van der Waals surface area contributed by atoms with E-state index in [1.165, 1.54) is 0 Å². The Hall–Kier alpha value is -3.79. The van der Waals surface area contributed by atoms with E-state index in [1.54, 1.807) is 38.1 Å². The number of nitrogens with zero attached hydrogens (tertiary/aromatic N) is 1. The van der Waals surface area contributed by atoms with Gasteiger partial charge in [0.25, 0.3) is 0 Å². The van der Waals surface area contributed by atoms with Crippen LogP contribution in [-0.2, 0) is 14.3 Å². The quantitative estimate of drug-likeness (QED) is 0.317. The Morgan fingerprint density at radius 2 is 1.90 bits per heavy atom. The molecule has 0 saturated carbocycles. The molecule has 0 saturated heterocycles. The second kappa shape index (κ2) is 11.4. The Labute approximate surface area is 183 Å². The monoisotopic (exact) mass is 422 g/mol. The molecule has 0 aromatic heterocycles. The molecule has 1 rings (SSSR count). The highest BCUT2D eigenvalue weighted by Crippen LogP contribution is 2.36. The molecule has 31 heavy (non-hydrogen) atoms. The summed E-state index contributed by atoms with van der Waals surface area (Å²) in [4.78, 5) is 25.5. The van der Waals surface area contributed by atoms with Gasteiger partial charge in [-0.25, -0.2) is 4.79 Å². The van der Waals surface area contributed by atoms with Crippen LogP contribution in [0.3, 0.4) is 0 Å². The minimum atomic E-state index is -0.876. The summed E-state index contributed by atoms with van der Waals surface area (Å²) >= 11 is 0. The molecule has 0 fully saturated rings. The third-order valence-electron chi connectivity index (χ3n) is 4.73. The van der Waals surface area contributed by atoms with Crippen molar-refractivity contribution in [2.45, 2.75) is 40.0 Å². The number of nitrogens with two attached hydrogens (primary N) is 3. The van der Waals surface area contributed by atoms with E-state index >= 15 is 0 Å². The normalized spacial score (nSPS) is 13.6. The van der Waals surface area contributed by atoms with Gasteiger partial charge in [0, 0.05) is 29.3 Å². The lowest BCUT2D eigenvalue weighted by molar-refractivity contribution is -0.139. The molecule has 1 atom stereocenters. The number of nitriles is 1. The molecule has 0 aliphatic carbocycles. The first-order valence-electron chi connectivity index (χ1n) is 9.75. The van der Waals surface area contributed by atoms with E-state index < -0.39 is 17.8 Å². The number of aryl methyl sites for hydroxylation is 1. The molecule has 0 radical (unpaired) electrons. The third-order valence-corrected chi connectivity index (χ3v) is 4.73. The SMILES string of the molecule is C=C(N)CCOC(=O)/C(=C(\C)N)[C@H](/C(=C/C(C)=C\C)C(N)=O)c1ccc(C#N)cc1C. The van der Waals surface area contributed by atoms with Crippen molar-refractivity contribution in [1.29, 1.82) is 5.26 Å². The summed E-state index contributed by atoms with van der Waals surface area (Å²) in [5, 5.41) is 9.20. The predicted molar refractivity (Wildman–Crippen MR) is 121 cm³/mol. The summed E-state index contributed by atoms with van der Waals surface area (Å²) < 4.78 is 5.36. The number of esters is 1. The van der Waals surface area contributed by atoms with Gasteiger partial charge in [0.2, 0.25) is 5.91 Å². The first kappa shape index (κ1) is 25.2. The summed E-state index contributed by atoms with van der Waals surface area (Å²) in [6.45, 7) is 10.6. The summed E-state index contributed by atoms with van der Waals surface area (Å²) in [6, 6.07) is 7.06. The molecule has 1 aromatic rings. The van der Waals surface area contributed by atoms with E-state index in [1.807, 2.05) is 19.9 Å². The Balaban J connectivity index is 3.75. The maximum atomic E-state index is 13.0. The fourth-order valence-corrected chi connectivity index (χ4v) is 3.03. The molecule has 6 N–H and O–H groups in total. The van der Waals surface area contributed by atoms with Crippen molar-refractivity contribution < 1.29 is 14.3 Å². The number of primary amides is 1. The molecule has 0 unspecified atom stereocenters. The number of carbonyl (C=O) groups is 2. The molecule has 0 bridgehead atoms. The summed E-state index contributed by atoms with van der Waals surface area (Å²) in [5.41, 5.74) is 20.8. The van der Waals surface area contributed by atoms with Crippen LogP contribution >= 0.6 is 0 Å². The predicted octanol–water partition coefficient (Wildman–Crippen LogP) is 2.97. The summed E-state index contributed by atoms with van der Waals surface area (Å²) in [6.07, 6.45) is 3.73. The molecular formula is C24H30N4O3. The lowest BCUT2D eigenvalue weighted by Gasteiger charge is -2.24. The second-order valence-electron chi connectivity index (χ2n) is 7.25. The van der Waals surface area contributed by atoms with E-state index in [9.17, 15) is 14.9 Å². The van der Waals surface area contributed by atoms with Gasteiger partial charge >= 0.3 is 5.97 Å². The first-order valence-corrected chi connectivity index (χ1v) is 9.75. The van der Waals surface area contributed by atoms with Gasteiger partial charge in [-0.1, -0.05) is 24.3 Å². The van der Waals surface area contributed by atoms with Crippen molar-refractivity contribution in [1.82, 2.24) is 0 Å². The summed E-state index contributed by atoms with van der Waals surface area (Å²) in [5.74, 6) is -2.25. The van der Waals surface area contributed by atoms with Crippen LogP contribution in [0.1, 0.15) is 49.8 Å². The molecular weight excluding hydrogens is 392 g/mol. The lowest BCUT2D eigenvalue weighted by Crippen LogP contribution is -2.27. The van der Waals surface area contributed by atoms with Gasteiger partial charge < -0.3 is 21.9 Å². The number of hydrogen-bond acceptors (Lipinski definition) is 6. The smallest absolute Gasteiger partial charge is 0.336 e. The van der Waals surface area contributed by atoms with Crippen LogP contribution in [0.4, 0.5) is 0 Å². The zero-order chi connectivity index (χ0) is 23.7. The molecule has 7 nitrogen and oxygen atoms in total. The van der Waals surface area contributed by atoms with Crippen LogP contribution in [0.2, 0.25) is 0 Å². The Bertz CT molecular complexity index is 1010. The van der Waals surface area contributed by atoms with Crippen LogP contribution in [0.5, 0.6) is 0 Å². The lowest BCUT2D eigenvalue weighted by atomic mass is 9.80. The highest BCUT2D eigenvalue weighted by atomic mass is 16.5. The average molecular weight is 423 g/mol. The standard InChI is InChI=1S/C24H30N4O3/c1-6-14(2)11-20(23(28)29)22(19-8-7-18(13-25)12-15(19)3)21(17(5)27)24(30)31-10-9-16(4)26/h6-8,11-12,22H,4,9-10,26-27H2,1-3,5H3,(H2,28,29)/b14-6-,20-11-,21-17+/t22-/m0/s1. The Kier molecular flexibility index (Phi) is 9.29. The van der Waals surface area contributed by atoms with Crippen LogP contribution in [0.25, 0.3) is 0 Å². The van der Waals surface area contributed by atoms with E-state index in [0.717, 1.165) is 5.57 Å². The first-order chi connectivity index (χ1) is 14.5. The highest BCUT2D eigenvalue weighted by molar-refractivity contribution is 6.00. The summed E-state index contributed by atoms with van der Waals surface area (Å²) in [7, 11) is 0. The number of allylic oxidation sites excluding steroid dienone is 4. The van der Waals surface area contributed by atoms with Gasteiger partial charge in [0.1, 0.15) is 0 Å². The van der Waals surface area contributed by atoms with Crippen molar-refractivity contribution in [3.8, 4) is 6.07 Å². The van der Waals surface area contributed by atoms with Gasteiger partial charge in [0.15, 0.2) is 0 Å². The van der Waals surface area contributed by atoms with Gasteiger partial charge in [-0.3, -0.25) is 4.79 Å². The minimum Gasteiger partial charge on any atom is -0.462 e. The van der Waals surface area contributed by atoms with Crippen LogP contribution < -0.4 is 17.2 Å². The second-order valence-corrected chi connectivity index (χ2v) is 7.25. The van der Waals surface area contributed by atoms with Crippen molar-refractivity contribution in [3.05, 3.63) is 81.7 Å². The van der Waals surface area contributed by atoms with Crippen LogP contribution in [0, 0.1) is 18.3 Å². The molecule has 0 heterocycles. The van der Waals surface area contributed by atoms with Gasteiger partial charge in [0.05, 0.1) is 23.8 Å². The van der Waals surface area contributed by atoms with E-state index in [4.69, 9.17) is 21.9 Å². The van der Waals surface area contributed by atoms with E-state index in [-0.39, 0.29) is 23.5 Å². The number of hydrogen-bond donors (Lipinski definition) is 3. The fraction of sp³-hybridized carbons (Fsp3) is 0.292. The maximum Gasteiger partial charge on any atom is 0.336 e. The van der Waals surface area contributed by atoms with Crippen molar-refractivity contribution >= 4 is 11.9 Å². The maximum absolute atomic E-state index is 13.0. The minimum absolute atomic E-state index is 0.0214. The molecule has 1 aromatic carbocycles. The zero-order valence-electron chi connectivity index (χ0n) is 18.5. The highest BCUT2D eigenvalue weighted by Gasteiger charge is 2.32. The van der Waals surface area contributed by atoms with Crippen LogP contribution in [-0.4, -0.2) is 18.5 Å². The van der Waals surface area contributed by atoms with Gasteiger partial charge in [-0.15, -0.1) is 0 Å². The van der Waals surface area contributed by atoms with Gasteiger partial charge in [-0.2, -0.15) is 5.26 Å². The Morgan fingerprint density at radius 1 is 1.26 bits per heavy atom. The topological polar surface area (TPSA) is 145 Å². The number of carbonyl (C=O) groups excluding carboxylic acids is 2. The molecule has 7 heteroatoms. The average Bonchev–Trinajstić information content (AvgIpc) is 2.69. The molecule has 164 valence electrons. The number of amides is 1. The van der Waals surface area contributed by atoms with Gasteiger partial charge in [-0.05, 0) is 57.0 Å². The molecule has 1 amide bonds. The van der Waals surface area contributed by atoms with E-state index in [0.29, 0.717) is 28.8 Å². The number of ether oxygens (including phenoxy) is 1. The largest absolute Gasteiger partial charge is 0.462 e. The van der Waals surface area contributed by atoms with Crippen LogP contribution in [0.15, 0.2) is 65.0 Å². The van der Waals surface area contributed by atoms with Crippen molar-refractivity contribution in [2.24, 2.45) is 17.2 Å². The Morgan fingerprint density at radius 3 is 2.35 bits per heavy atom. The molecule has 0 aliphatic heterocycles. The van der Waals surface area contributed by atoms with Crippen molar-refractivity contribution in [3.63, 3.8) is 0 Å².